The van der Waals surface area contributed by atoms with Crippen molar-refractivity contribution in [1.29, 1.82) is 0 Å². The SMILES string of the molecule is CN(Cc1nnc2n1CCCCC2)C(=S)Nc1ccccc1F. The number of nitrogens with zero attached hydrogens (tertiary/aromatic N) is 4. The summed E-state index contributed by atoms with van der Waals surface area (Å²) in [6.45, 7) is 1.51. The Balaban J connectivity index is 1.67. The molecule has 1 aromatic heterocycles. The third-order valence-corrected chi connectivity index (χ3v) is 4.44. The van der Waals surface area contributed by atoms with Gasteiger partial charge < -0.3 is 14.8 Å². The van der Waals surface area contributed by atoms with Gasteiger partial charge in [-0.3, -0.25) is 0 Å². The van der Waals surface area contributed by atoms with Crippen molar-refractivity contribution in [3.05, 3.63) is 41.7 Å². The van der Waals surface area contributed by atoms with Crippen molar-refractivity contribution < 1.29 is 4.39 Å². The molecule has 2 aromatic rings. The molecule has 122 valence electrons. The molecule has 0 atom stereocenters. The maximum absolute atomic E-state index is 13.7. The number of nitrogens with one attached hydrogen (secondary N) is 1. The van der Waals surface area contributed by atoms with Crippen molar-refractivity contribution in [1.82, 2.24) is 19.7 Å². The number of thiocarbonyl (C=S) groups is 1. The standard InChI is InChI=1S/C16H20FN5S/c1-21(16(23)18-13-8-5-4-7-12(13)17)11-15-20-19-14-9-3-2-6-10-22(14)15/h4-5,7-8H,2-3,6,9-11H2,1H3,(H,18,23). The summed E-state index contributed by atoms with van der Waals surface area (Å²) in [6.07, 6.45) is 4.53. The first kappa shape index (κ1) is 15.9. The van der Waals surface area contributed by atoms with Crippen molar-refractivity contribution in [2.45, 2.75) is 38.8 Å². The average Bonchev–Trinajstić information content (AvgIpc) is 2.77. The third kappa shape index (κ3) is 3.67. The topological polar surface area (TPSA) is 46.0 Å². The molecule has 1 aliphatic heterocycles. The molecule has 0 bridgehead atoms. The van der Waals surface area contributed by atoms with Gasteiger partial charge in [0.05, 0.1) is 12.2 Å². The highest BCUT2D eigenvalue weighted by Gasteiger charge is 2.17. The lowest BCUT2D eigenvalue weighted by Crippen LogP contribution is -2.32. The summed E-state index contributed by atoms with van der Waals surface area (Å²) in [4.78, 5) is 1.85. The van der Waals surface area contributed by atoms with Crippen molar-refractivity contribution >= 4 is 23.0 Å². The van der Waals surface area contributed by atoms with E-state index in [2.05, 4.69) is 20.1 Å². The van der Waals surface area contributed by atoms with Gasteiger partial charge in [-0.25, -0.2) is 4.39 Å². The van der Waals surface area contributed by atoms with Crippen LogP contribution in [-0.4, -0.2) is 31.8 Å². The average molecular weight is 333 g/mol. The van der Waals surface area contributed by atoms with E-state index in [0.29, 0.717) is 17.3 Å². The molecule has 0 fully saturated rings. The number of benzene rings is 1. The molecule has 5 nitrogen and oxygen atoms in total. The highest BCUT2D eigenvalue weighted by Crippen LogP contribution is 2.16. The van der Waals surface area contributed by atoms with Crippen molar-refractivity contribution in [2.24, 2.45) is 0 Å². The summed E-state index contributed by atoms with van der Waals surface area (Å²) in [5, 5.41) is 12.0. The lowest BCUT2D eigenvalue weighted by atomic mass is 10.2. The molecule has 0 aliphatic carbocycles. The van der Waals surface area contributed by atoms with Crippen molar-refractivity contribution in [2.75, 3.05) is 12.4 Å². The largest absolute Gasteiger partial charge is 0.345 e. The van der Waals surface area contributed by atoms with Gasteiger partial charge in [0.2, 0.25) is 0 Å². The number of para-hydroxylation sites is 1. The molecule has 0 unspecified atom stereocenters. The summed E-state index contributed by atoms with van der Waals surface area (Å²) >= 11 is 5.36. The Labute approximate surface area is 140 Å². The molecule has 2 heterocycles. The van der Waals surface area contributed by atoms with Gasteiger partial charge in [-0.2, -0.15) is 0 Å². The summed E-state index contributed by atoms with van der Waals surface area (Å²) in [5.41, 5.74) is 0.379. The Morgan fingerprint density at radius 1 is 1.30 bits per heavy atom. The minimum atomic E-state index is -0.320. The fourth-order valence-corrected chi connectivity index (χ4v) is 2.89. The first-order valence-electron chi connectivity index (χ1n) is 7.83. The first-order chi connectivity index (χ1) is 11.1. The number of hydrogen-bond donors (Lipinski definition) is 1. The van der Waals surface area contributed by atoms with Gasteiger partial charge in [0.1, 0.15) is 11.6 Å². The monoisotopic (exact) mass is 333 g/mol. The fourth-order valence-electron chi connectivity index (χ4n) is 2.72. The molecule has 3 rings (SSSR count). The predicted molar refractivity (Wildman–Crippen MR) is 91.7 cm³/mol. The number of halogens is 1. The second-order valence-electron chi connectivity index (χ2n) is 5.76. The minimum Gasteiger partial charge on any atom is -0.345 e. The molecule has 0 amide bonds. The highest BCUT2D eigenvalue weighted by molar-refractivity contribution is 7.80. The van der Waals surface area contributed by atoms with Gasteiger partial charge in [0.15, 0.2) is 10.9 Å². The number of aryl methyl sites for hydroxylation is 1. The molecule has 0 saturated carbocycles. The zero-order chi connectivity index (χ0) is 16.2. The zero-order valence-corrected chi connectivity index (χ0v) is 13.9. The normalized spacial score (nSPS) is 14.0. The van der Waals surface area contributed by atoms with Crippen LogP contribution in [0.3, 0.4) is 0 Å². The van der Waals surface area contributed by atoms with Crippen molar-refractivity contribution in [3.8, 4) is 0 Å². The van der Waals surface area contributed by atoms with Crippen LogP contribution in [0.4, 0.5) is 10.1 Å². The van der Waals surface area contributed by atoms with E-state index >= 15 is 0 Å². The fraction of sp³-hybridized carbons (Fsp3) is 0.438. The van der Waals surface area contributed by atoms with Crippen LogP contribution in [0.25, 0.3) is 0 Å². The van der Waals surface area contributed by atoms with Gasteiger partial charge >= 0.3 is 0 Å². The van der Waals surface area contributed by atoms with E-state index in [9.17, 15) is 4.39 Å². The Morgan fingerprint density at radius 3 is 2.96 bits per heavy atom. The number of aromatic nitrogens is 3. The van der Waals surface area contributed by atoms with E-state index in [1.165, 1.54) is 18.9 Å². The van der Waals surface area contributed by atoms with Crippen LogP contribution in [0.1, 0.15) is 30.9 Å². The summed E-state index contributed by atoms with van der Waals surface area (Å²) in [6, 6.07) is 6.49. The van der Waals surface area contributed by atoms with Crippen LogP contribution in [-0.2, 0) is 19.5 Å². The molecule has 1 aliphatic rings. The molecule has 1 N–H and O–H groups in total. The highest BCUT2D eigenvalue weighted by atomic mass is 32.1. The van der Waals surface area contributed by atoms with E-state index in [-0.39, 0.29) is 5.82 Å². The second kappa shape index (κ2) is 7.04. The van der Waals surface area contributed by atoms with Gasteiger partial charge in [-0.05, 0) is 37.2 Å². The molecular formula is C16H20FN5S. The van der Waals surface area contributed by atoms with Gasteiger partial charge in [-0.1, -0.05) is 18.6 Å². The Bertz CT molecular complexity index is 700. The van der Waals surface area contributed by atoms with Crippen LogP contribution in [0, 0.1) is 5.82 Å². The van der Waals surface area contributed by atoms with E-state index in [0.717, 1.165) is 31.0 Å². The minimum absolute atomic E-state index is 0.320. The predicted octanol–water partition coefficient (Wildman–Crippen LogP) is 2.97. The van der Waals surface area contributed by atoms with Crippen LogP contribution in [0.2, 0.25) is 0 Å². The molecule has 0 saturated heterocycles. The second-order valence-corrected chi connectivity index (χ2v) is 6.15. The van der Waals surface area contributed by atoms with Gasteiger partial charge in [0.25, 0.3) is 0 Å². The Hall–Kier alpha value is -2.02. The Kier molecular flexibility index (Phi) is 4.85. The Morgan fingerprint density at radius 2 is 2.13 bits per heavy atom. The summed E-state index contributed by atoms with van der Waals surface area (Å²) in [7, 11) is 1.87. The maximum atomic E-state index is 13.7. The van der Waals surface area contributed by atoms with Crippen LogP contribution >= 0.6 is 12.2 Å². The van der Waals surface area contributed by atoms with E-state index < -0.39 is 0 Å². The smallest absolute Gasteiger partial charge is 0.173 e. The molecule has 0 radical (unpaired) electrons. The zero-order valence-electron chi connectivity index (χ0n) is 13.1. The number of fused-ring (bicyclic) bond motifs is 1. The van der Waals surface area contributed by atoms with Crippen LogP contribution in [0.15, 0.2) is 24.3 Å². The van der Waals surface area contributed by atoms with Crippen LogP contribution in [0.5, 0.6) is 0 Å². The van der Waals surface area contributed by atoms with Crippen LogP contribution < -0.4 is 5.32 Å². The first-order valence-corrected chi connectivity index (χ1v) is 8.23. The quantitative estimate of drug-likeness (QED) is 0.875. The lowest BCUT2D eigenvalue weighted by molar-refractivity contribution is 0.465. The van der Waals surface area contributed by atoms with E-state index in [1.54, 1.807) is 18.2 Å². The molecule has 1 aromatic carbocycles. The number of hydrogen-bond acceptors (Lipinski definition) is 3. The van der Waals surface area contributed by atoms with E-state index in [1.807, 2.05) is 11.9 Å². The number of anilines is 1. The summed E-state index contributed by atoms with van der Waals surface area (Å²) in [5.74, 6) is 1.64. The van der Waals surface area contributed by atoms with Gasteiger partial charge in [-0.15, -0.1) is 10.2 Å². The summed E-state index contributed by atoms with van der Waals surface area (Å²) < 4.78 is 15.9. The lowest BCUT2D eigenvalue weighted by Gasteiger charge is -2.21. The van der Waals surface area contributed by atoms with Crippen molar-refractivity contribution in [3.63, 3.8) is 0 Å². The number of rotatable bonds is 3. The van der Waals surface area contributed by atoms with Gasteiger partial charge in [0, 0.05) is 20.0 Å². The third-order valence-electron chi connectivity index (χ3n) is 4.03. The molecular weight excluding hydrogens is 313 g/mol. The van der Waals surface area contributed by atoms with E-state index in [4.69, 9.17) is 12.2 Å². The molecule has 23 heavy (non-hydrogen) atoms. The molecule has 7 heteroatoms. The molecule has 0 spiro atoms. The maximum Gasteiger partial charge on any atom is 0.173 e.